The van der Waals surface area contributed by atoms with Gasteiger partial charge in [-0.2, -0.15) is 0 Å². The third kappa shape index (κ3) is 4.79. The molecule has 4 nitrogen and oxygen atoms in total. The summed E-state index contributed by atoms with van der Waals surface area (Å²) in [4.78, 5) is 15.1. The number of fused-ring (bicyclic) bond motifs is 1. The second-order valence-electron chi connectivity index (χ2n) is 7.65. The Kier molecular flexibility index (Phi) is 6.07. The highest BCUT2D eigenvalue weighted by atomic mass is 19.1. The lowest BCUT2D eigenvalue weighted by Crippen LogP contribution is -2.53. The molecule has 25 heavy (non-hydrogen) atoms. The molecular weight excluding hydrogens is 317 g/mol. The van der Waals surface area contributed by atoms with Crippen LogP contribution in [-0.2, 0) is 17.8 Å². The van der Waals surface area contributed by atoms with E-state index in [9.17, 15) is 9.18 Å². The summed E-state index contributed by atoms with van der Waals surface area (Å²) < 4.78 is 13.3. The summed E-state index contributed by atoms with van der Waals surface area (Å²) in [6.07, 6.45) is 4.06. The Morgan fingerprint density at radius 2 is 2.12 bits per heavy atom. The molecule has 2 aliphatic rings. The van der Waals surface area contributed by atoms with Gasteiger partial charge < -0.3 is 15.5 Å². The zero-order valence-corrected chi connectivity index (χ0v) is 15.4. The van der Waals surface area contributed by atoms with Gasteiger partial charge in [0.25, 0.3) is 0 Å². The molecule has 0 aliphatic carbocycles. The summed E-state index contributed by atoms with van der Waals surface area (Å²) in [6, 6.07) is 4.80. The molecule has 0 radical (unpaired) electrons. The fourth-order valence-electron chi connectivity index (χ4n) is 3.80. The van der Waals surface area contributed by atoms with Crippen LogP contribution in [0.25, 0.3) is 0 Å². The molecule has 1 amide bonds. The topological polar surface area (TPSA) is 44.4 Å². The lowest BCUT2D eigenvalue weighted by molar-refractivity contribution is -0.124. The van der Waals surface area contributed by atoms with Gasteiger partial charge in [0.05, 0.1) is 6.04 Å². The first-order valence-electron chi connectivity index (χ1n) is 9.58. The van der Waals surface area contributed by atoms with Crippen LogP contribution in [0.15, 0.2) is 18.2 Å². The quantitative estimate of drug-likeness (QED) is 0.860. The zero-order valence-electron chi connectivity index (χ0n) is 15.4. The number of rotatable bonds is 5. The van der Waals surface area contributed by atoms with Crippen molar-refractivity contribution < 1.29 is 9.18 Å². The summed E-state index contributed by atoms with van der Waals surface area (Å²) in [5.74, 6) is 0.666. The SMILES string of the molecule is CC[C@@H](CN1CCC(C)CC1)NC(=O)[C@H]1Cc2ccc(F)cc2CN1. The van der Waals surface area contributed by atoms with Gasteiger partial charge in [0.1, 0.15) is 5.82 Å². The molecule has 2 heterocycles. The molecule has 1 aromatic rings. The Labute approximate surface area is 150 Å². The predicted octanol–water partition coefficient (Wildman–Crippen LogP) is 2.47. The van der Waals surface area contributed by atoms with E-state index in [1.54, 1.807) is 12.1 Å². The summed E-state index contributed by atoms with van der Waals surface area (Å²) in [6.45, 7) is 8.19. The van der Waals surface area contributed by atoms with Crippen molar-refractivity contribution in [3.05, 3.63) is 35.1 Å². The molecule has 3 rings (SSSR count). The molecule has 1 fully saturated rings. The van der Waals surface area contributed by atoms with Gasteiger partial charge in [0.2, 0.25) is 5.91 Å². The van der Waals surface area contributed by atoms with Crippen LogP contribution in [0, 0.1) is 11.7 Å². The lowest BCUT2D eigenvalue weighted by atomic mass is 9.95. The number of nitrogens with zero attached hydrogens (tertiary/aromatic N) is 1. The van der Waals surface area contributed by atoms with E-state index in [0.717, 1.165) is 43.1 Å². The third-order valence-corrected chi connectivity index (χ3v) is 5.64. The number of hydrogen-bond donors (Lipinski definition) is 2. The molecule has 0 aromatic heterocycles. The molecular formula is C20H30FN3O. The van der Waals surface area contributed by atoms with Crippen molar-refractivity contribution in [2.75, 3.05) is 19.6 Å². The highest BCUT2D eigenvalue weighted by Gasteiger charge is 2.26. The Balaban J connectivity index is 1.53. The van der Waals surface area contributed by atoms with Crippen molar-refractivity contribution in [2.45, 2.75) is 58.2 Å². The normalized spacial score (nSPS) is 23.1. The first kappa shape index (κ1) is 18.3. The van der Waals surface area contributed by atoms with E-state index < -0.39 is 0 Å². The molecule has 138 valence electrons. The van der Waals surface area contributed by atoms with Crippen molar-refractivity contribution in [2.24, 2.45) is 5.92 Å². The van der Waals surface area contributed by atoms with Gasteiger partial charge in [0, 0.05) is 19.1 Å². The molecule has 0 unspecified atom stereocenters. The fraction of sp³-hybridized carbons (Fsp3) is 0.650. The summed E-state index contributed by atoms with van der Waals surface area (Å²) >= 11 is 0. The Bertz CT molecular complexity index is 599. The van der Waals surface area contributed by atoms with Crippen molar-refractivity contribution >= 4 is 5.91 Å². The maximum absolute atomic E-state index is 13.3. The van der Waals surface area contributed by atoms with Gasteiger partial charge in [0.15, 0.2) is 0 Å². The first-order valence-corrected chi connectivity index (χ1v) is 9.58. The Hall–Kier alpha value is -1.46. The average Bonchev–Trinajstić information content (AvgIpc) is 2.62. The minimum absolute atomic E-state index is 0.0622. The second-order valence-corrected chi connectivity index (χ2v) is 7.65. The summed E-state index contributed by atoms with van der Waals surface area (Å²) in [7, 11) is 0. The van der Waals surface area contributed by atoms with Crippen molar-refractivity contribution in [1.29, 1.82) is 0 Å². The molecule has 2 N–H and O–H groups in total. The fourth-order valence-corrected chi connectivity index (χ4v) is 3.80. The van der Waals surface area contributed by atoms with E-state index in [-0.39, 0.29) is 23.8 Å². The molecule has 0 saturated carbocycles. The predicted molar refractivity (Wildman–Crippen MR) is 97.8 cm³/mol. The van der Waals surface area contributed by atoms with E-state index in [2.05, 4.69) is 29.4 Å². The van der Waals surface area contributed by atoms with Crippen LogP contribution in [-0.4, -0.2) is 42.5 Å². The number of carbonyl (C=O) groups is 1. The van der Waals surface area contributed by atoms with Crippen molar-refractivity contribution in [1.82, 2.24) is 15.5 Å². The van der Waals surface area contributed by atoms with Gasteiger partial charge in [-0.05, 0) is 68.0 Å². The molecule has 0 spiro atoms. The van der Waals surface area contributed by atoms with Gasteiger partial charge in [-0.25, -0.2) is 4.39 Å². The van der Waals surface area contributed by atoms with E-state index in [4.69, 9.17) is 0 Å². The van der Waals surface area contributed by atoms with Crippen LogP contribution in [0.2, 0.25) is 0 Å². The van der Waals surface area contributed by atoms with E-state index in [1.165, 1.54) is 18.9 Å². The number of amides is 1. The molecule has 0 bridgehead atoms. The standard InChI is InChI=1S/C20H30FN3O/c1-3-18(13-24-8-6-14(2)7-9-24)23-20(25)19-11-15-4-5-17(21)10-16(15)12-22-19/h4-5,10,14,18-19,22H,3,6-9,11-13H2,1-2H3,(H,23,25)/t18-,19+/m0/s1. The van der Waals surface area contributed by atoms with E-state index in [1.807, 2.05) is 0 Å². The summed E-state index contributed by atoms with van der Waals surface area (Å²) in [5.41, 5.74) is 2.02. The molecule has 1 saturated heterocycles. The summed E-state index contributed by atoms with van der Waals surface area (Å²) in [5, 5.41) is 6.47. The number of piperidine rings is 1. The van der Waals surface area contributed by atoms with Crippen LogP contribution in [0.4, 0.5) is 4.39 Å². The third-order valence-electron chi connectivity index (χ3n) is 5.64. The number of carbonyl (C=O) groups excluding carboxylic acids is 1. The van der Waals surface area contributed by atoms with E-state index >= 15 is 0 Å². The average molecular weight is 347 g/mol. The number of hydrogen-bond acceptors (Lipinski definition) is 3. The minimum Gasteiger partial charge on any atom is -0.351 e. The van der Waals surface area contributed by atoms with Gasteiger partial charge in [-0.15, -0.1) is 0 Å². The second kappa shape index (κ2) is 8.28. The lowest BCUT2D eigenvalue weighted by Gasteiger charge is -2.34. The largest absolute Gasteiger partial charge is 0.351 e. The Morgan fingerprint density at radius 1 is 1.36 bits per heavy atom. The number of halogens is 1. The van der Waals surface area contributed by atoms with Crippen molar-refractivity contribution in [3.8, 4) is 0 Å². The van der Waals surface area contributed by atoms with E-state index in [0.29, 0.717) is 13.0 Å². The molecule has 2 aliphatic heterocycles. The first-order chi connectivity index (χ1) is 12.0. The maximum Gasteiger partial charge on any atom is 0.237 e. The number of benzene rings is 1. The van der Waals surface area contributed by atoms with Crippen LogP contribution in [0.3, 0.4) is 0 Å². The minimum atomic E-state index is -0.228. The monoisotopic (exact) mass is 347 g/mol. The van der Waals surface area contributed by atoms with Gasteiger partial charge in [-0.3, -0.25) is 4.79 Å². The maximum atomic E-state index is 13.3. The highest BCUT2D eigenvalue weighted by Crippen LogP contribution is 2.19. The molecule has 5 heteroatoms. The molecule has 1 aromatic carbocycles. The number of nitrogens with one attached hydrogen (secondary N) is 2. The van der Waals surface area contributed by atoms with Crippen LogP contribution in [0.5, 0.6) is 0 Å². The molecule has 2 atom stereocenters. The van der Waals surface area contributed by atoms with Crippen molar-refractivity contribution in [3.63, 3.8) is 0 Å². The highest BCUT2D eigenvalue weighted by molar-refractivity contribution is 5.82. The zero-order chi connectivity index (χ0) is 17.8. The Morgan fingerprint density at radius 3 is 2.84 bits per heavy atom. The van der Waals surface area contributed by atoms with Crippen LogP contribution in [0.1, 0.15) is 44.2 Å². The smallest absolute Gasteiger partial charge is 0.237 e. The number of likely N-dealkylation sites (tertiary alicyclic amines) is 1. The van der Waals surface area contributed by atoms with Gasteiger partial charge in [-0.1, -0.05) is 19.9 Å². The van der Waals surface area contributed by atoms with Crippen LogP contribution < -0.4 is 10.6 Å². The van der Waals surface area contributed by atoms with Crippen LogP contribution >= 0.6 is 0 Å². The van der Waals surface area contributed by atoms with Gasteiger partial charge >= 0.3 is 0 Å².